The Labute approximate surface area is 237 Å². The van der Waals surface area contributed by atoms with Crippen molar-refractivity contribution in [2.24, 2.45) is 0 Å². The van der Waals surface area contributed by atoms with Gasteiger partial charge in [0.1, 0.15) is 23.0 Å². The van der Waals surface area contributed by atoms with E-state index in [1.54, 1.807) is 74.5 Å². The minimum Gasteiger partial charge on any atom is -0.423 e. The van der Waals surface area contributed by atoms with Crippen molar-refractivity contribution in [3.05, 3.63) is 115 Å². The molecular formula is C33H28O8. The van der Waals surface area contributed by atoms with E-state index in [4.69, 9.17) is 18.9 Å². The van der Waals surface area contributed by atoms with E-state index >= 15 is 0 Å². The second kappa shape index (κ2) is 13.5. The third kappa shape index (κ3) is 8.76. The van der Waals surface area contributed by atoms with Crippen molar-refractivity contribution >= 4 is 30.0 Å². The normalized spacial score (nSPS) is 10.4. The van der Waals surface area contributed by atoms with E-state index in [1.165, 1.54) is 25.1 Å². The van der Waals surface area contributed by atoms with Gasteiger partial charge in [0.15, 0.2) is 0 Å². The molecule has 0 spiro atoms. The van der Waals surface area contributed by atoms with E-state index in [1.807, 2.05) is 0 Å². The first-order valence-corrected chi connectivity index (χ1v) is 12.3. The van der Waals surface area contributed by atoms with Gasteiger partial charge < -0.3 is 18.9 Å². The number of rotatable bonds is 10. The maximum Gasteiger partial charge on any atom is 0.338 e. The van der Waals surface area contributed by atoms with Crippen molar-refractivity contribution in [3.63, 3.8) is 0 Å². The van der Waals surface area contributed by atoms with Gasteiger partial charge in [0.05, 0.1) is 0 Å². The van der Waals surface area contributed by atoms with E-state index < -0.39 is 23.9 Å². The van der Waals surface area contributed by atoms with Crippen LogP contribution >= 0.6 is 0 Å². The Hall–Kier alpha value is -5.50. The molecule has 3 rings (SSSR count). The zero-order valence-electron chi connectivity index (χ0n) is 22.9. The summed E-state index contributed by atoms with van der Waals surface area (Å²) in [5, 5.41) is 0. The molecule has 3 aromatic rings. The van der Waals surface area contributed by atoms with Crippen LogP contribution in [0.4, 0.5) is 0 Å². The second-order valence-electron chi connectivity index (χ2n) is 9.02. The molecule has 0 amide bonds. The lowest BCUT2D eigenvalue weighted by Crippen LogP contribution is -2.10. The van der Waals surface area contributed by atoms with Crippen LogP contribution in [-0.2, 0) is 19.2 Å². The second-order valence-corrected chi connectivity index (χ2v) is 9.02. The zero-order valence-corrected chi connectivity index (χ0v) is 22.9. The third-order valence-electron chi connectivity index (χ3n) is 5.30. The SMILES string of the molecule is C=C(C)C(=O)Oc1ccc(/C=C/C(=O)Oc2ccc(-c3ccc(OC(=O)C(=C)C)cc3)c(OC(=O)C(=C)C)c2)cc1. The molecule has 8 nitrogen and oxygen atoms in total. The Morgan fingerprint density at radius 2 is 1.05 bits per heavy atom. The number of hydrogen-bond donors (Lipinski definition) is 0. The molecule has 0 aliphatic rings. The minimum atomic E-state index is -0.670. The molecule has 0 heterocycles. The number of carbonyl (C=O) groups excluding carboxylic acids is 4. The molecule has 0 bridgehead atoms. The van der Waals surface area contributed by atoms with Crippen LogP contribution < -0.4 is 18.9 Å². The molecule has 8 heteroatoms. The van der Waals surface area contributed by atoms with E-state index in [0.29, 0.717) is 28.2 Å². The Balaban J connectivity index is 1.77. The van der Waals surface area contributed by atoms with E-state index in [0.717, 1.165) is 0 Å². The maximum atomic E-state index is 12.5. The summed E-state index contributed by atoms with van der Waals surface area (Å²) in [4.78, 5) is 48.2. The van der Waals surface area contributed by atoms with Gasteiger partial charge in [-0.2, -0.15) is 0 Å². The van der Waals surface area contributed by atoms with Gasteiger partial charge in [0, 0.05) is 34.4 Å². The fraction of sp³-hybridized carbons (Fsp3) is 0.0909. The molecule has 41 heavy (non-hydrogen) atoms. The van der Waals surface area contributed by atoms with Crippen LogP contribution in [0.5, 0.6) is 23.0 Å². The highest BCUT2D eigenvalue weighted by molar-refractivity contribution is 5.92. The predicted molar refractivity (Wildman–Crippen MR) is 154 cm³/mol. The van der Waals surface area contributed by atoms with Gasteiger partial charge in [0.2, 0.25) is 0 Å². The summed E-state index contributed by atoms with van der Waals surface area (Å²) in [6, 6.07) is 17.7. The molecule has 0 aromatic heterocycles. The van der Waals surface area contributed by atoms with Crippen LogP contribution in [-0.4, -0.2) is 23.9 Å². The molecule has 0 aliphatic carbocycles. The van der Waals surface area contributed by atoms with Crippen LogP contribution in [0, 0.1) is 0 Å². The fourth-order valence-electron chi connectivity index (χ4n) is 3.13. The highest BCUT2D eigenvalue weighted by Crippen LogP contribution is 2.35. The molecule has 208 valence electrons. The van der Waals surface area contributed by atoms with Gasteiger partial charge in [-0.05, 0) is 74.4 Å². The summed E-state index contributed by atoms with van der Waals surface area (Å²) in [5.41, 5.74) is 2.58. The molecule has 0 fully saturated rings. The molecule has 0 atom stereocenters. The van der Waals surface area contributed by atoms with Gasteiger partial charge in [-0.3, -0.25) is 0 Å². The number of benzene rings is 3. The Morgan fingerprint density at radius 1 is 0.585 bits per heavy atom. The van der Waals surface area contributed by atoms with Crippen LogP contribution in [0.15, 0.2) is 109 Å². The lowest BCUT2D eigenvalue weighted by atomic mass is 10.0. The summed E-state index contributed by atoms with van der Waals surface area (Å²) in [7, 11) is 0. The van der Waals surface area contributed by atoms with E-state index in [2.05, 4.69) is 19.7 Å². The quantitative estimate of drug-likeness (QED) is 0.161. The summed E-state index contributed by atoms with van der Waals surface area (Å²) in [6.45, 7) is 15.3. The smallest absolute Gasteiger partial charge is 0.338 e. The molecule has 0 saturated heterocycles. The van der Waals surface area contributed by atoms with Crippen molar-refractivity contribution in [3.8, 4) is 34.1 Å². The topological polar surface area (TPSA) is 105 Å². The monoisotopic (exact) mass is 552 g/mol. The summed E-state index contributed by atoms with van der Waals surface area (Å²) >= 11 is 0. The number of carbonyl (C=O) groups is 4. The molecule has 0 N–H and O–H groups in total. The van der Waals surface area contributed by atoms with E-state index in [-0.39, 0.29) is 28.2 Å². The van der Waals surface area contributed by atoms with Gasteiger partial charge in [-0.25, -0.2) is 19.2 Å². The average Bonchev–Trinajstić information content (AvgIpc) is 2.93. The zero-order chi connectivity index (χ0) is 30.1. The van der Waals surface area contributed by atoms with Crippen molar-refractivity contribution in [2.45, 2.75) is 20.8 Å². The van der Waals surface area contributed by atoms with Gasteiger partial charge >= 0.3 is 23.9 Å². The first kappa shape index (κ1) is 30.0. The highest BCUT2D eigenvalue weighted by Gasteiger charge is 2.15. The van der Waals surface area contributed by atoms with Crippen molar-refractivity contribution in [2.75, 3.05) is 0 Å². The summed E-state index contributed by atoms with van der Waals surface area (Å²) in [5.74, 6) is -1.46. The Bertz CT molecular complexity index is 1560. The first-order valence-electron chi connectivity index (χ1n) is 12.3. The minimum absolute atomic E-state index is 0.138. The maximum absolute atomic E-state index is 12.5. The van der Waals surface area contributed by atoms with Crippen LogP contribution in [0.3, 0.4) is 0 Å². The van der Waals surface area contributed by atoms with E-state index in [9.17, 15) is 19.2 Å². The first-order chi connectivity index (χ1) is 19.4. The van der Waals surface area contributed by atoms with Gasteiger partial charge in [-0.15, -0.1) is 0 Å². The summed E-state index contributed by atoms with van der Waals surface area (Å²) < 4.78 is 21.3. The Kier molecular flexibility index (Phi) is 9.91. The molecular weight excluding hydrogens is 524 g/mol. The highest BCUT2D eigenvalue weighted by atomic mass is 16.6. The lowest BCUT2D eigenvalue weighted by Gasteiger charge is -2.13. The molecule has 0 unspecified atom stereocenters. The fourth-order valence-corrected chi connectivity index (χ4v) is 3.13. The van der Waals surface area contributed by atoms with Crippen molar-refractivity contribution in [1.82, 2.24) is 0 Å². The average molecular weight is 553 g/mol. The molecule has 0 radical (unpaired) electrons. The molecule has 0 aliphatic heterocycles. The van der Waals surface area contributed by atoms with Crippen molar-refractivity contribution < 1.29 is 38.1 Å². The lowest BCUT2D eigenvalue weighted by molar-refractivity contribution is -0.131. The third-order valence-corrected chi connectivity index (χ3v) is 5.30. The number of ether oxygens (including phenoxy) is 4. The van der Waals surface area contributed by atoms with Crippen LogP contribution in [0.25, 0.3) is 17.2 Å². The van der Waals surface area contributed by atoms with Gasteiger partial charge in [0.25, 0.3) is 0 Å². The van der Waals surface area contributed by atoms with Crippen molar-refractivity contribution in [1.29, 1.82) is 0 Å². The largest absolute Gasteiger partial charge is 0.423 e. The molecule has 0 saturated carbocycles. The van der Waals surface area contributed by atoms with Crippen LogP contribution in [0.2, 0.25) is 0 Å². The summed E-state index contributed by atoms with van der Waals surface area (Å²) in [6.07, 6.45) is 2.76. The predicted octanol–water partition coefficient (Wildman–Crippen LogP) is 6.42. The van der Waals surface area contributed by atoms with Gasteiger partial charge in [-0.1, -0.05) is 44.0 Å². The number of hydrogen-bond acceptors (Lipinski definition) is 8. The molecule has 3 aromatic carbocycles. The number of esters is 4. The standard InChI is InChI=1S/C33H28O8/c1-20(2)31(35)39-25-12-7-23(8-13-25)9-18-30(34)38-27-16-17-28(29(19-27)41-33(37)22(5)6)24-10-14-26(15-11-24)40-32(36)21(3)4/h7-19H,1,3,5H2,2,4,6H3/b18-9+. The Morgan fingerprint density at radius 3 is 1.56 bits per heavy atom. The van der Waals surface area contributed by atoms with Crippen LogP contribution in [0.1, 0.15) is 26.3 Å².